The molecule has 1 aliphatic heterocycles. The molecule has 0 radical (unpaired) electrons. The van der Waals surface area contributed by atoms with Gasteiger partial charge in [0.2, 0.25) is 5.91 Å². The second-order valence-electron chi connectivity index (χ2n) is 2.93. The first-order valence-electron chi connectivity index (χ1n) is 4.02. The summed E-state index contributed by atoms with van der Waals surface area (Å²) in [6, 6.07) is 7.60. The van der Waals surface area contributed by atoms with Gasteiger partial charge in [0.25, 0.3) is 0 Å². The molecule has 0 saturated carbocycles. The third-order valence-corrected chi connectivity index (χ3v) is 3.04. The quantitative estimate of drug-likeness (QED) is 0.659. The van der Waals surface area contributed by atoms with Gasteiger partial charge >= 0.3 is 0 Å². The molecule has 4 heteroatoms. The number of hydrogen-bond acceptors (Lipinski definition) is 3. The van der Waals surface area contributed by atoms with Crippen molar-refractivity contribution in [3.63, 3.8) is 0 Å². The lowest BCUT2D eigenvalue weighted by Crippen LogP contribution is -2.18. The van der Waals surface area contributed by atoms with Gasteiger partial charge in [-0.15, -0.1) is 11.8 Å². The number of carbonyl (C=O) groups is 1. The largest absolute Gasteiger partial charge is 0.399 e. The number of rotatable bonds is 1. The number of anilines is 1. The predicted molar refractivity (Wildman–Crippen MR) is 54.2 cm³/mol. The van der Waals surface area contributed by atoms with Gasteiger partial charge < -0.3 is 11.1 Å². The molecule has 13 heavy (non-hydrogen) atoms. The molecule has 0 bridgehead atoms. The lowest BCUT2D eigenvalue weighted by molar-refractivity contribution is -0.118. The Kier molecular flexibility index (Phi) is 2.14. The van der Waals surface area contributed by atoms with Gasteiger partial charge in [-0.2, -0.15) is 0 Å². The summed E-state index contributed by atoms with van der Waals surface area (Å²) >= 11 is 1.60. The number of amides is 1. The van der Waals surface area contributed by atoms with Crippen molar-refractivity contribution in [2.24, 2.45) is 0 Å². The fourth-order valence-corrected chi connectivity index (χ4v) is 2.25. The number of nitrogen functional groups attached to an aromatic ring is 1. The standard InChI is InChI=1S/C9H10N2OS/c10-7-3-1-2-6(4-7)9-11-8(12)5-13-9/h1-4,9H,5,10H2,(H,11,12). The fraction of sp³-hybridized carbons (Fsp3) is 0.222. The smallest absolute Gasteiger partial charge is 0.231 e. The summed E-state index contributed by atoms with van der Waals surface area (Å²) in [5, 5.41) is 2.95. The minimum absolute atomic E-state index is 0.0796. The Bertz CT molecular complexity index is 340. The van der Waals surface area contributed by atoms with Crippen molar-refractivity contribution < 1.29 is 4.79 Å². The van der Waals surface area contributed by atoms with E-state index in [9.17, 15) is 4.79 Å². The maximum atomic E-state index is 10.9. The van der Waals surface area contributed by atoms with Crippen LogP contribution in [-0.2, 0) is 4.79 Å². The van der Waals surface area contributed by atoms with Crippen LogP contribution in [0.4, 0.5) is 5.69 Å². The van der Waals surface area contributed by atoms with Crippen LogP contribution in [-0.4, -0.2) is 11.7 Å². The van der Waals surface area contributed by atoms with Crippen molar-refractivity contribution in [1.82, 2.24) is 5.32 Å². The van der Waals surface area contributed by atoms with Crippen molar-refractivity contribution in [3.8, 4) is 0 Å². The van der Waals surface area contributed by atoms with Gasteiger partial charge in [-0.25, -0.2) is 0 Å². The zero-order chi connectivity index (χ0) is 9.26. The van der Waals surface area contributed by atoms with E-state index in [1.165, 1.54) is 0 Å². The van der Waals surface area contributed by atoms with Crippen molar-refractivity contribution in [1.29, 1.82) is 0 Å². The minimum atomic E-state index is 0.0796. The van der Waals surface area contributed by atoms with Crippen molar-refractivity contribution in [3.05, 3.63) is 29.8 Å². The molecule has 1 heterocycles. The average Bonchev–Trinajstić information content (AvgIpc) is 2.52. The Hall–Kier alpha value is -1.16. The summed E-state index contributed by atoms with van der Waals surface area (Å²) in [7, 11) is 0. The number of benzene rings is 1. The third kappa shape index (κ3) is 1.78. The summed E-state index contributed by atoms with van der Waals surface area (Å²) in [6.07, 6.45) is 0. The molecule has 0 spiro atoms. The van der Waals surface area contributed by atoms with Crippen LogP contribution < -0.4 is 11.1 Å². The molecule has 3 N–H and O–H groups in total. The maximum Gasteiger partial charge on any atom is 0.231 e. The number of thioether (sulfide) groups is 1. The number of hydrogen-bond donors (Lipinski definition) is 2. The first-order chi connectivity index (χ1) is 6.25. The molecule has 2 rings (SSSR count). The highest BCUT2D eigenvalue weighted by Crippen LogP contribution is 2.30. The highest BCUT2D eigenvalue weighted by molar-refractivity contribution is 8.00. The molecular weight excluding hydrogens is 184 g/mol. The Morgan fingerprint density at radius 1 is 1.54 bits per heavy atom. The van der Waals surface area contributed by atoms with Gasteiger partial charge in [-0.1, -0.05) is 12.1 Å². The van der Waals surface area contributed by atoms with Crippen molar-refractivity contribution >= 4 is 23.4 Å². The molecule has 1 atom stereocenters. The van der Waals surface area contributed by atoms with Crippen LogP contribution in [0.25, 0.3) is 0 Å². The van der Waals surface area contributed by atoms with Gasteiger partial charge in [0.1, 0.15) is 5.37 Å². The third-order valence-electron chi connectivity index (χ3n) is 1.89. The van der Waals surface area contributed by atoms with Crippen LogP contribution in [0.5, 0.6) is 0 Å². The summed E-state index contributed by atoms with van der Waals surface area (Å²) in [6.45, 7) is 0. The summed E-state index contributed by atoms with van der Waals surface area (Å²) in [5.74, 6) is 0.636. The average molecular weight is 194 g/mol. The molecule has 1 aromatic carbocycles. The SMILES string of the molecule is Nc1cccc(C2NC(=O)CS2)c1. The van der Waals surface area contributed by atoms with Crippen LogP contribution in [0.3, 0.4) is 0 Å². The van der Waals surface area contributed by atoms with E-state index in [0.717, 1.165) is 11.3 Å². The van der Waals surface area contributed by atoms with Crippen LogP contribution in [0.15, 0.2) is 24.3 Å². The van der Waals surface area contributed by atoms with E-state index in [1.807, 2.05) is 24.3 Å². The van der Waals surface area contributed by atoms with Gasteiger partial charge in [0.15, 0.2) is 0 Å². The van der Waals surface area contributed by atoms with Crippen molar-refractivity contribution in [2.45, 2.75) is 5.37 Å². The Morgan fingerprint density at radius 3 is 3.00 bits per heavy atom. The fourth-order valence-electron chi connectivity index (χ4n) is 1.29. The predicted octanol–water partition coefficient (Wildman–Crippen LogP) is 1.13. The highest BCUT2D eigenvalue weighted by Gasteiger charge is 2.22. The lowest BCUT2D eigenvalue weighted by Gasteiger charge is -2.09. The molecule has 1 aliphatic rings. The Labute approximate surface area is 80.7 Å². The van der Waals surface area contributed by atoms with Crippen LogP contribution in [0, 0.1) is 0 Å². The van der Waals surface area contributed by atoms with Gasteiger partial charge in [0, 0.05) is 5.69 Å². The minimum Gasteiger partial charge on any atom is -0.399 e. The molecule has 3 nitrogen and oxygen atoms in total. The van der Waals surface area contributed by atoms with E-state index in [1.54, 1.807) is 11.8 Å². The molecule has 0 aliphatic carbocycles. The molecule has 1 aromatic rings. The molecule has 1 unspecified atom stereocenters. The topological polar surface area (TPSA) is 55.1 Å². The van der Waals surface area contributed by atoms with Gasteiger partial charge in [-0.3, -0.25) is 4.79 Å². The summed E-state index contributed by atoms with van der Waals surface area (Å²) < 4.78 is 0. The van der Waals surface area contributed by atoms with Gasteiger partial charge in [-0.05, 0) is 17.7 Å². The second-order valence-corrected chi connectivity index (χ2v) is 4.02. The van der Waals surface area contributed by atoms with E-state index in [2.05, 4.69) is 5.32 Å². The van der Waals surface area contributed by atoms with Crippen LogP contribution in [0.1, 0.15) is 10.9 Å². The van der Waals surface area contributed by atoms with Gasteiger partial charge in [0.05, 0.1) is 5.75 Å². The monoisotopic (exact) mass is 194 g/mol. The number of nitrogens with two attached hydrogens (primary N) is 1. The van der Waals surface area contributed by atoms with E-state index >= 15 is 0 Å². The Morgan fingerprint density at radius 2 is 2.38 bits per heavy atom. The molecule has 0 aromatic heterocycles. The molecule has 1 amide bonds. The highest BCUT2D eigenvalue weighted by atomic mass is 32.2. The summed E-state index contributed by atoms with van der Waals surface area (Å²) in [5.41, 5.74) is 7.44. The number of nitrogens with one attached hydrogen (secondary N) is 1. The first-order valence-corrected chi connectivity index (χ1v) is 5.07. The summed E-state index contributed by atoms with van der Waals surface area (Å²) in [4.78, 5) is 10.9. The maximum absolute atomic E-state index is 10.9. The molecule has 1 saturated heterocycles. The van der Waals surface area contributed by atoms with Crippen LogP contribution in [0.2, 0.25) is 0 Å². The second kappa shape index (κ2) is 3.30. The van der Waals surface area contributed by atoms with E-state index in [4.69, 9.17) is 5.73 Å². The first kappa shape index (κ1) is 8.44. The zero-order valence-electron chi connectivity index (χ0n) is 6.99. The van der Waals surface area contributed by atoms with E-state index in [0.29, 0.717) is 5.75 Å². The molecule has 68 valence electrons. The van der Waals surface area contributed by atoms with E-state index < -0.39 is 0 Å². The Balaban J connectivity index is 2.21. The lowest BCUT2D eigenvalue weighted by atomic mass is 10.2. The zero-order valence-corrected chi connectivity index (χ0v) is 7.80. The normalized spacial score (nSPS) is 21.5. The molecule has 1 fully saturated rings. The molecular formula is C9H10N2OS. The van der Waals surface area contributed by atoms with Crippen LogP contribution >= 0.6 is 11.8 Å². The van der Waals surface area contributed by atoms with Crippen molar-refractivity contribution in [2.75, 3.05) is 11.5 Å². The number of carbonyl (C=O) groups excluding carboxylic acids is 1. The van der Waals surface area contributed by atoms with E-state index in [-0.39, 0.29) is 11.3 Å².